The van der Waals surface area contributed by atoms with Gasteiger partial charge in [0.2, 0.25) is 0 Å². The van der Waals surface area contributed by atoms with E-state index in [-0.39, 0.29) is 5.91 Å². The summed E-state index contributed by atoms with van der Waals surface area (Å²) in [5.41, 5.74) is 0.650. The molecule has 0 radical (unpaired) electrons. The highest BCUT2D eigenvalue weighted by Gasteiger charge is 2.25. The minimum absolute atomic E-state index is 0.0364. The Morgan fingerprint density at radius 1 is 1.60 bits per heavy atom. The summed E-state index contributed by atoms with van der Waals surface area (Å²) in [6.45, 7) is 4.66. The van der Waals surface area contributed by atoms with E-state index < -0.39 is 0 Å². The van der Waals surface area contributed by atoms with E-state index in [4.69, 9.17) is 0 Å². The van der Waals surface area contributed by atoms with Crippen LogP contribution in [-0.4, -0.2) is 60.5 Å². The topological polar surface area (TPSA) is 48.5 Å². The van der Waals surface area contributed by atoms with Gasteiger partial charge in [0.1, 0.15) is 5.82 Å². The van der Waals surface area contributed by atoms with Gasteiger partial charge >= 0.3 is 0 Å². The van der Waals surface area contributed by atoms with Gasteiger partial charge in [-0.25, -0.2) is 4.98 Å². The molecule has 5 heteroatoms. The molecule has 0 bridgehead atoms. The standard InChI is InChI=1S/C15H24N4O/c1-4-16-14-13(8-5-9-17-14)15(20)19(3)11-12-7-6-10-18(12)2/h5,8-9,12H,4,6-7,10-11H2,1-3H3,(H,16,17). The molecule has 0 aliphatic carbocycles. The average Bonchev–Trinajstić information content (AvgIpc) is 2.84. The van der Waals surface area contributed by atoms with E-state index in [1.807, 2.05) is 31.0 Å². The van der Waals surface area contributed by atoms with Gasteiger partial charge in [0, 0.05) is 32.4 Å². The first-order valence-electron chi connectivity index (χ1n) is 7.28. The molecule has 1 aliphatic rings. The Balaban J connectivity index is 2.06. The van der Waals surface area contributed by atoms with Gasteiger partial charge in [0.05, 0.1) is 5.56 Å². The largest absolute Gasteiger partial charge is 0.370 e. The molecule has 0 saturated carbocycles. The van der Waals surface area contributed by atoms with Crippen LogP contribution < -0.4 is 5.32 Å². The van der Waals surface area contributed by atoms with E-state index >= 15 is 0 Å². The second kappa shape index (κ2) is 6.70. The highest BCUT2D eigenvalue weighted by atomic mass is 16.2. The molecule has 0 spiro atoms. The molecule has 1 unspecified atom stereocenters. The molecule has 1 aromatic heterocycles. The van der Waals surface area contributed by atoms with Crippen LogP contribution in [0, 0.1) is 0 Å². The predicted octanol–water partition coefficient (Wildman–Crippen LogP) is 1.68. The number of hydrogen-bond donors (Lipinski definition) is 1. The average molecular weight is 276 g/mol. The number of anilines is 1. The molecule has 1 aliphatic heterocycles. The summed E-state index contributed by atoms with van der Waals surface area (Å²) in [5, 5.41) is 3.15. The number of likely N-dealkylation sites (tertiary alicyclic amines) is 1. The summed E-state index contributed by atoms with van der Waals surface area (Å²) < 4.78 is 0. The number of pyridine rings is 1. The number of likely N-dealkylation sites (N-methyl/N-ethyl adjacent to an activating group) is 2. The van der Waals surface area contributed by atoms with E-state index in [1.54, 1.807) is 6.20 Å². The van der Waals surface area contributed by atoms with Crippen LogP contribution in [0.3, 0.4) is 0 Å². The molecule has 2 heterocycles. The first-order valence-corrected chi connectivity index (χ1v) is 7.28. The summed E-state index contributed by atoms with van der Waals surface area (Å²) in [4.78, 5) is 21.0. The lowest BCUT2D eigenvalue weighted by Crippen LogP contribution is -2.39. The van der Waals surface area contributed by atoms with Gasteiger partial charge in [-0.1, -0.05) is 0 Å². The Morgan fingerprint density at radius 3 is 3.05 bits per heavy atom. The summed E-state index contributed by atoms with van der Waals surface area (Å²) in [6.07, 6.45) is 4.10. The van der Waals surface area contributed by atoms with Crippen molar-refractivity contribution in [3.8, 4) is 0 Å². The highest BCUT2D eigenvalue weighted by Crippen LogP contribution is 2.18. The van der Waals surface area contributed by atoms with Crippen molar-refractivity contribution in [1.82, 2.24) is 14.8 Å². The van der Waals surface area contributed by atoms with E-state index in [9.17, 15) is 4.79 Å². The molecule has 0 aromatic carbocycles. The third-order valence-electron chi connectivity index (χ3n) is 3.89. The molecular weight excluding hydrogens is 252 g/mol. The van der Waals surface area contributed by atoms with Crippen LogP contribution in [0.25, 0.3) is 0 Å². The van der Waals surface area contributed by atoms with Gasteiger partial charge in [-0.05, 0) is 45.5 Å². The number of aromatic nitrogens is 1. The number of rotatable bonds is 5. The predicted molar refractivity (Wildman–Crippen MR) is 81.0 cm³/mol. The zero-order chi connectivity index (χ0) is 14.5. The van der Waals surface area contributed by atoms with Crippen molar-refractivity contribution < 1.29 is 4.79 Å². The van der Waals surface area contributed by atoms with Gasteiger partial charge in [0.25, 0.3) is 5.91 Å². The maximum absolute atomic E-state index is 12.6. The van der Waals surface area contributed by atoms with Crippen molar-refractivity contribution in [3.05, 3.63) is 23.9 Å². The fraction of sp³-hybridized carbons (Fsp3) is 0.600. The number of nitrogens with zero attached hydrogens (tertiary/aromatic N) is 3. The number of amides is 1. The maximum Gasteiger partial charge on any atom is 0.257 e. The van der Waals surface area contributed by atoms with Crippen LogP contribution in [0.1, 0.15) is 30.1 Å². The number of hydrogen-bond acceptors (Lipinski definition) is 4. The molecule has 1 amide bonds. The first kappa shape index (κ1) is 14.8. The van der Waals surface area contributed by atoms with Gasteiger partial charge < -0.3 is 15.1 Å². The smallest absolute Gasteiger partial charge is 0.257 e. The summed E-state index contributed by atoms with van der Waals surface area (Å²) in [5.74, 6) is 0.709. The zero-order valence-corrected chi connectivity index (χ0v) is 12.6. The van der Waals surface area contributed by atoms with E-state index in [1.165, 1.54) is 12.8 Å². The second-order valence-corrected chi connectivity index (χ2v) is 5.39. The van der Waals surface area contributed by atoms with E-state index in [0.717, 1.165) is 19.6 Å². The second-order valence-electron chi connectivity index (χ2n) is 5.39. The van der Waals surface area contributed by atoms with Crippen molar-refractivity contribution in [1.29, 1.82) is 0 Å². The molecule has 1 fully saturated rings. The highest BCUT2D eigenvalue weighted by molar-refractivity contribution is 5.98. The third-order valence-corrected chi connectivity index (χ3v) is 3.89. The maximum atomic E-state index is 12.6. The van der Waals surface area contributed by atoms with Crippen LogP contribution in [0.5, 0.6) is 0 Å². The molecule has 110 valence electrons. The van der Waals surface area contributed by atoms with Crippen molar-refractivity contribution in [2.24, 2.45) is 0 Å². The first-order chi connectivity index (χ1) is 9.63. The summed E-state index contributed by atoms with van der Waals surface area (Å²) in [6, 6.07) is 4.12. The van der Waals surface area contributed by atoms with Crippen molar-refractivity contribution in [3.63, 3.8) is 0 Å². The van der Waals surface area contributed by atoms with Crippen molar-refractivity contribution >= 4 is 11.7 Å². The third kappa shape index (κ3) is 3.28. The summed E-state index contributed by atoms with van der Waals surface area (Å²) in [7, 11) is 4.00. The molecule has 2 rings (SSSR count). The van der Waals surface area contributed by atoms with E-state index in [2.05, 4.69) is 22.2 Å². The Morgan fingerprint density at radius 2 is 2.40 bits per heavy atom. The van der Waals surface area contributed by atoms with Gasteiger partial charge in [-0.3, -0.25) is 4.79 Å². The van der Waals surface area contributed by atoms with Gasteiger partial charge in [0.15, 0.2) is 0 Å². The van der Waals surface area contributed by atoms with Crippen LogP contribution in [0.4, 0.5) is 5.82 Å². The number of carbonyl (C=O) groups is 1. The molecule has 1 atom stereocenters. The van der Waals surface area contributed by atoms with Crippen LogP contribution in [-0.2, 0) is 0 Å². The van der Waals surface area contributed by atoms with E-state index in [0.29, 0.717) is 17.4 Å². The van der Waals surface area contributed by atoms with Crippen LogP contribution in [0.2, 0.25) is 0 Å². The normalized spacial score (nSPS) is 19.1. The quantitative estimate of drug-likeness (QED) is 0.889. The minimum Gasteiger partial charge on any atom is -0.370 e. The van der Waals surface area contributed by atoms with Crippen LogP contribution >= 0.6 is 0 Å². The summed E-state index contributed by atoms with van der Waals surface area (Å²) >= 11 is 0. The molecule has 20 heavy (non-hydrogen) atoms. The van der Waals surface area contributed by atoms with Gasteiger partial charge in [-0.15, -0.1) is 0 Å². The molecule has 1 N–H and O–H groups in total. The Hall–Kier alpha value is -1.62. The number of carbonyl (C=O) groups excluding carboxylic acids is 1. The van der Waals surface area contributed by atoms with Crippen molar-refractivity contribution in [2.45, 2.75) is 25.8 Å². The minimum atomic E-state index is 0.0364. The monoisotopic (exact) mass is 276 g/mol. The Kier molecular flexibility index (Phi) is 4.95. The molecule has 5 nitrogen and oxygen atoms in total. The lowest BCUT2D eigenvalue weighted by atomic mass is 10.2. The fourth-order valence-electron chi connectivity index (χ4n) is 2.70. The molecular formula is C15H24N4O. The van der Waals surface area contributed by atoms with Crippen LogP contribution in [0.15, 0.2) is 18.3 Å². The van der Waals surface area contributed by atoms with Gasteiger partial charge in [-0.2, -0.15) is 0 Å². The van der Waals surface area contributed by atoms with Crippen molar-refractivity contribution in [2.75, 3.05) is 39.0 Å². The lowest BCUT2D eigenvalue weighted by molar-refractivity contribution is 0.0762. The SMILES string of the molecule is CCNc1ncccc1C(=O)N(C)CC1CCCN1C. The molecule has 1 aromatic rings. The number of nitrogens with one attached hydrogen (secondary N) is 1. The molecule has 1 saturated heterocycles. The fourth-order valence-corrected chi connectivity index (χ4v) is 2.70. The Bertz CT molecular complexity index is 463. The lowest BCUT2D eigenvalue weighted by Gasteiger charge is -2.26. The zero-order valence-electron chi connectivity index (χ0n) is 12.6. The Labute approximate surface area is 121 Å².